The Balaban J connectivity index is 1.85. The molecular formula is C19H21ClN4O2. The molecule has 0 aliphatic carbocycles. The molecule has 0 fully saturated rings. The summed E-state index contributed by atoms with van der Waals surface area (Å²) in [6.07, 6.45) is 3.10. The fraction of sp³-hybridized carbons (Fsp3) is 0.316. The van der Waals surface area contributed by atoms with E-state index in [2.05, 4.69) is 24.3 Å². The average Bonchev–Trinajstić information content (AvgIpc) is 2.84. The topological polar surface area (TPSA) is 67.2 Å². The van der Waals surface area contributed by atoms with Crippen LogP contribution in [0, 0.1) is 12.8 Å². The molecule has 1 aliphatic rings. The van der Waals surface area contributed by atoms with Crippen molar-refractivity contribution in [2.45, 2.75) is 27.3 Å². The van der Waals surface area contributed by atoms with E-state index in [1.165, 1.54) is 11.0 Å². The average molecular weight is 373 g/mol. The minimum atomic E-state index is -0.278. The molecule has 0 saturated heterocycles. The minimum Gasteiger partial charge on any atom is -0.323 e. The molecular weight excluding hydrogens is 352 g/mol. The SMILES string of the molecule is Cc1nn(CC(C)C)c(Cl)c1/C=C/C(=O)N1CC(=O)Nc2ccccc21. The summed E-state index contributed by atoms with van der Waals surface area (Å²) in [5.41, 5.74) is 2.79. The van der Waals surface area contributed by atoms with Gasteiger partial charge in [-0.05, 0) is 31.1 Å². The van der Waals surface area contributed by atoms with Crippen molar-refractivity contribution in [2.24, 2.45) is 5.92 Å². The molecule has 1 aromatic heterocycles. The number of anilines is 2. The molecule has 0 spiro atoms. The summed E-state index contributed by atoms with van der Waals surface area (Å²) in [5.74, 6) is -0.0857. The number of rotatable bonds is 4. The maximum Gasteiger partial charge on any atom is 0.251 e. The Morgan fingerprint density at radius 2 is 2.12 bits per heavy atom. The van der Waals surface area contributed by atoms with Gasteiger partial charge in [-0.3, -0.25) is 19.2 Å². The highest BCUT2D eigenvalue weighted by molar-refractivity contribution is 6.31. The summed E-state index contributed by atoms with van der Waals surface area (Å²) in [7, 11) is 0. The molecule has 3 rings (SSSR count). The molecule has 0 unspecified atom stereocenters. The second kappa shape index (κ2) is 7.33. The third-order valence-corrected chi connectivity index (χ3v) is 4.48. The van der Waals surface area contributed by atoms with Gasteiger partial charge in [0.05, 0.1) is 17.1 Å². The largest absolute Gasteiger partial charge is 0.323 e. The maximum absolute atomic E-state index is 12.7. The molecule has 2 amide bonds. The predicted molar refractivity (Wildman–Crippen MR) is 103 cm³/mol. The van der Waals surface area contributed by atoms with Gasteiger partial charge in [0.1, 0.15) is 11.7 Å². The predicted octanol–water partition coefficient (Wildman–Crippen LogP) is 3.50. The summed E-state index contributed by atoms with van der Waals surface area (Å²) < 4.78 is 1.75. The summed E-state index contributed by atoms with van der Waals surface area (Å²) >= 11 is 6.41. The van der Waals surface area contributed by atoms with Crippen molar-refractivity contribution in [2.75, 3.05) is 16.8 Å². The second-order valence-electron chi connectivity index (χ2n) is 6.69. The molecule has 26 heavy (non-hydrogen) atoms. The van der Waals surface area contributed by atoms with Crippen molar-refractivity contribution in [3.8, 4) is 0 Å². The lowest BCUT2D eigenvalue weighted by atomic mass is 10.1. The van der Waals surface area contributed by atoms with Crippen LogP contribution in [-0.4, -0.2) is 28.1 Å². The van der Waals surface area contributed by atoms with Crippen molar-refractivity contribution < 1.29 is 9.59 Å². The van der Waals surface area contributed by atoms with Gasteiger partial charge in [-0.15, -0.1) is 0 Å². The van der Waals surface area contributed by atoms with E-state index in [9.17, 15) is 9.59 Å². The summed E-state index contributed by atoms with van der Waals surface area (Å²) in [4.78, 5) is 26.0. The third kappa shape index (κ3) is 3.65. The van der Waals surface area contributed by atoms with E-state index < -0.39 is 0 Å². The number of hydrogen-bond donors (Lipinski definition) is 1. The van der Waals surface area contributed by atoms with Crippen LogP contribution in [0.15, 0.2) is 30.3 Å². The molecule has 0 radical (unpaired) electrons. The Hall–Kier alpha value is -2.60. The number of amides is 2. The van der Waals surface area contributed by atoms with E-state index in [0.717, 1.165) is 11.3 Å². The van der Waals surface area contributed by atoms with Gasteiger partial charge in [0.15, 0.2) is 0 Å². The number of aryl methyl sites for hydroxylation is 1. The number of carbonyl (C=O) groups is 2. The van der Waals surface area contributed by atoms with Gasteiger partial charge >= 0.3 is 0 Å². The highest BCUT2D eigenvalue weighted by Crippen LogP contribution is 2.29. The Morgan fingerprint density at radius 1 is 1.38 bits per heavy atom. The zero-order chi connectivity index (χ0) is 18.8. The normalized spacial score (nSPS) is 14.0. The number of para-hydroxylation sites is 2. The molecule has 6 nitrogen and oxygen atoms in total. The Morgan fingerprint density at radius 3 is 2.85 bits per heavy atom. The van der Waals surface area contributed by atoms with E-state index in [0.29, 0.717) is 29.0 Å². The van der Waals surface area contributed by atoms with Crippen LogP contribution in [0.4, 0.5) is 11.4 Å². The van der Waals surface area contributed by atoms with Crippen molar-refractivity contribution in [3.05, 3.63) is 46.8 Å². The van der Waals surface area contributed by atoms with Crippen LogP contribution in [-0.2, 0) is 16.1 Å². The van der Waals surface area contributed by atoms with Crippen molar-refractivity contribution in [1.29, 1.82) is 0 Å². The van der Waals surface area contributed by atoms with Crippen LogP contribution < -0.4 is 10.2 Å². The maximum atomic E-state index is 12.7. The highest BCUT2D eigenvalue weighted by Gasteiger charge is 2.25. The lowest BCUT2D eigenvalue weighted by molar-refractivity contribution is -0.119. The summed E-state index contributed by atoms with van der Waals surface area (Å²) in [6, 6.07) is 7.22. The van der Waals surface area contributed by atoms with Crippen LogP contribution >= 0.6 is 11.6 Å². The van der Waals surface area contributed by atoms with Crippen LogP contribution in [0.5, 0.6) is 0 Å². The molecule has 136 valence electrons. The van der Waals surface area contributed by atoms with Crippen LogP contribution in [0.1, 0.15) is 25.1 Å². The zero-order valence-corrected chi connectivity index (χ0v) is 15.7. The molecule has 0 bridgehead atoms. The van der Waals surface area contributed by atoms with Crippen molar-refractivity contribution >= 4 is 40.9 Å². The van der Waals surface area contributed by atoms with Crippen LogP contribution in [0.2, 0.25) is 5.15 Å². The number of benzene rings is 1. The molecule has 1 aromatic carbocycles. The number of carbonyl (C=O) groups excluding carboxylic acids is 2. The summed E-state index contributed by atoms with van der Waals surface area (Å²) in [5, 5.41) is 7.71. The lowest BCUT2D eigenvalue weighted by Gasteiger charge is -2.28. The van der Waals surface area contributed by atoms with Gasteiger partial charge < -0.3 is 5.32 Å². The summed E-state index contributed by atoms with van der Waals surface area (Å²) in [6.45, 7) is 6.73. The number of halogens is 1. The van der Waals surface area contributed by atoms with Gasteiger partial charge in [-0.1, -0.05) is 37.6 Å². The number of aromatic nitrogens is 2. The van der Waals surface area contributed by atoms with Gasteiger partial charge in [-0.25, -0.2) is 0 Å². The molecule has 1 N–H and O–H groups in total. The minimum absolute atomic E-state index is 0.0144. The van der Waals surface area contributed by atoms with E-state index in [-0.39, 0.29) is 18.4 Å². The molecule has 1 aliphatic heterocycles. The van der Waals surface area contributed by atoms with E-state index >= 15 is 0 Å². The van der Waals surface area contributed by atoms with Crippen molar-refractivity contribution in [1.82, 2.24) is 9.78 Å². The first-order valence-electron chi connectivity index (χ1n) is 8.48. The molecule has 7 heteroatoms. The van der Waals surface area contributed by atoms with Gasteiger partial charge in [0, 0.05) is 18.2 Å². The Bertz CT molecular complexity index is 886. The quantitative estimate of drug-likeness (QED) is 0.835. The smallest absolute Gasteiger partial charge is 0.251 e. The van der Waals surface area contributed by atoms with Crippen LogP contribution in [0.25, 0.3) is 6.08 Å². The van der Waals surface area contributed by atoms with E-state index in [1.54, 1.807) is 22.9 Å². The number of nitrogens with zero attached hydrogens (tertiary/aromatic N) is 3. The van der Waals surface area contributed by atoms with Gasteiger partial charge in [-0.2, -0.15) is 5.10 Å². The van der Waals surface area contributed by atoms with Crippen LogP contribution in [0.3, 0.4) is 0 Å². The Labute approximate surface area is 157 Å². The highest BCUT2D eigenvalue weighted by atomic mass is 35.5. The second-order valence-corrected chi connectivity index (χ2v) is 7.05. The number of fused-ring (bicyclic) bond motifs is 1. The third-order valence-electron chi connectivity index (χ3n) is 4.08. The van der Waals surface area contributed by atoms with Gasteiger partial charge in [0.25, 0.3) is 5.91 Å². The fourth-order valence-corrected chi connectivity index (χ4v) is 3.20. The molecule has 0 atom stereocenters. The number of nitrogens with one attached hydrogen (secondary N) is 1. The van der Waals surface area contributed by atoms with Gasteiger partial charge in [0.2, 0.25) is 5.91 Å². The zero-order valence-electron chi connectivity index (χ0n) is 15.0. The first-order valence-corrected chi connectivity index (χ1v) is 8.86. The standard InChI is InChI=1S/C19H21ClN4O2/c1-12(2)10-24-19(20)14(13(3)22-24)8-9-18(26)23-11-17(25)21-15-6-4-5-7-16(15)23/h4-9,12H,10-11H2,1-3H3,(H,21,25)/b9-8+. The molecule has 0 saturated carbocycles. The van der Waals surface area contributed by atoms with E-state index in [4.69, 9.17) is 11.6 Å². The monoisotopic (exact) mass is 372 g/mol. The fourth-order valence-electron chi connectivity index (χ4n) is 2.90. The van der Waals surface area contributed by atoms with E-state index in [1.807, 2.05) is 19.1 Å². The molecule has 2 aromatic rings. The van der Waals surface area contributed by atoms with Crippen molar-refractivity contribution in [3.63, 3.8) is 0 Å². The Kier molecular flexibility index (Phi) is 5.13. The first-order chi connectivity index (χ1) is 12.4. The first kappa shape index (κ1) is 18.2. The molecule has 2 heterocycles. The number of hydrogen-bond acceptors (Lipinski definition) is 3. The lowest BCUT2D eigenvalue weighted by Crippen LogP contribution is -2.41.